The molecule has 0 radical (unpaired) electrons. The predicted molar refractivity (Wildman–Crippen MR) is 61.3 cm³/mol. The average molecular weight is 195 g/mol. The van der Waals surface area contributed by atoms with Gasteiger partial charge in [-0.2, -0.15) is 0 Å². The number of hydrogen-bond acceptors (Lipinski definition) is 1. The maximum absolute atomic E-state index is 3.11. The highest BCUT2D eigenvalue weighted by atomic mass is 32.1. The molecule has 0 amide bonds. The van der Waals surface area contributed by atoms with Crippen LogP contribution in [0, 0.1) is 5.41 Å². The molecule has 2 aromatic heterocycles. The Bertz CT molecular complexity index is 294. The Balaban J connectivity index is 0.000000149. The largest absolute Gasteiger partial charge is 0.360 e. The van der Waals surface area contributed by atoms with Crippen molar-refractivity contribution in [2.24, 2.45) is 5.41 Å². The summed E-state index contributed by atoms with van der Waals surface area (Å²) in [6, 6.07) is 4.17. The van der Waals surface area contributed by atoms with E-state index < -0.39 is 0 Å². The summed E-state index contributed by atoms with van der Waals surface area (Å²) >= 11 is 1.76. The van der Waals surface area contributed by atoms with Gasteiger partial charge in [-0.1, -0.05) is 27.7 Å². The highest BCUT2D eigenvalue weighted by Crippen LogP contribution is 2.17. The molecule has 0 saturated carbocycles. The van der Waals surface area contributed by atoms with Crippen molar-refractivity contribution in [3.8, 4) is 0 Å². The van der Waals surface area contributed by atoms with Crippen LogP contribution in [0.1, 0.15) is 27.7 Å². The van der Waals surface area contributed by atoms with E-state index in [0.717, 1.165) is 0 Å². The summed E-state index contributed by atoms with van der Waals surface area (Å²) in [6.07, 6.45) is 1.96. The van der Waals surface area contributed by atoms with Crippen molar-refractivity contribution < 1.29 is 0 Å². The molecular weight excluding hydrogens is 178 g/mol. The van der Waals surface area contributed by atoms with Crippen molar-refractivity contribution in [2.45, 2.75) is 27.7 Å². The highest BCUT2D eigenvalue weighted by Gasteiger charge is 1.95. The minimum atomic E-state index is 0.500. The summed E-state index contributed by atoms with van der Waals surface area (Å²) in [5.41, 5.74) is 1.75. The zero-order chi connectivity index (χ0) is 9.90. The van der Waals surface area contributed by atoms with Gasteiger partial charge < -0.3 is 4.98 Å². The highest BCUT2D eigenvalue weighted by molar-refractivity contribution is 7.17. The monoisotopic (exact) mass is 195 g/mol. The molecule has 0 aliphatic heterocycles. The lowest BCUT2D eigenvalue weighted by Gasteiger charge is -2.05. The van der Waals surface area contributed by atoms with Crippen molar-refractivity contribution in [1.29, 1.82) is 0 Å². The molecule has 2 heteroatoms. The molecule has 0 bridgehead atoms. The Morgan fingerprint density at radius 2 is 1.77 bits per heavy atom. The van der Waals surface area contributed by atoms with Gasteiger partial charge in [-0.25, -0.2) is 0 Å². The van der Waals surface area contributed by atoms with Crippen LogP contribution in [0.2, 0.25) is 0 Å². The molecule has 2 heterocycles. The third-order valence-corrected chi connectivity index (χ3v) is 2.05. The van der Waals surface area contributed by atoms with Crippen LogP contribution in [0.3, 0.4) is 0 Å². The van der Waals surface area contributed by atoms with Gasteiger partial charge in [0.15, 0.2) is 0 Å². The minimum absolute atomic E-state index is 0.500. The average Bonchev–Trinajstić information content (AvgIpc) is 2.36. The lowest BCUT2D eigenvalue weighted by Crippen LogP contribution is -1.93. The molecule has 0 spiro atoms. The number of aromatic nitrogens is 1. The summed E-state index contributed by atoms with van der Waals surface area (Å²) in [4.78, 5) is 3.11. The molecule has 0 fully saturated rings. The summed E-state index contributed by atoms with van der Waals surface area (Å²) < 4.78 is 1.34. The molecule has 1 N–H and O–H groups in total. The second kappa shape index (κ2) is 3.97. The van der Waals surface area contributed by atoms with Gasteiger partial charge in [0.1, 0.15) is 0 Å². The maximum Gasteiger partial charge on any atom is 0.0563 e. The standard InChI is InChI=1S/C6H5NS.C5H12/c1-3-7-5-2-4-8-6(1)5;1-5(2,3)4/h1-4,7H;1-4H3. The van der Waals surface area contributed by atoms with Crippen LogP contribution >= 0.6 is 11.3 Å². The second-order valence-electron chi connectivity index (χ2n) is 4.68. The number of hydrogen-bond donors (Lipinski definition) is 1. The minimum Gasteiger partial charge on any atom is -0.360 e. The van der Waals surface area contributed by atoms with Crippen LogP contribution in [0.5, 0.6) is 0 Å². The lowest BCUT2D eigenvalue weighted by molar-refractivity contribution is 0.469. The molecule has 0 aliphatic rings. The van der Waals surface area contributed by atoms with Crippen LogP contribution < -0.4 is 0 Å². The van der Waals surface area contributed by atoms with Gasteiger partial charge in [-0.15, -0.1) is 11.3 Å². The molecule has 0 aliphatic carbocycles. The molecule has 0 saturated heterocycles. The number of aromatic amines is 1. The number of thiophene rings is 1. The van der Waals surface area contributed by atoms with E-state index in [-0.39, 0.29) is 0 Å². The van der Waals surface area contributed by atoms with Gasteiger partial charge in [0.2, 0.25) is 0 Å². The van der Waals surface area contributed by atoms with E-state index in [4.69, 9.17) is 0 Å². The van der Waals surface area contributed by atoms with Crippen LogP contribution in [0.15, 0.2) is 23.7 Å². The zero-order valence-electron chi connectivity index (χ0n) is 8.72. The van der Waals surface area contributed by atoms with Crippen molar-refractivity contribution in [2.75, 3.05) is 0 Å². The fourth-order valence-electron chi connectivity index (χ4n) is 0.776. The lowest BCUT2D eigenvalue weighted by atomic mass is 10.0. The first-order chi connectivity index (χ1) is 5.97. The Labute approximate surface area is 83.8 Å². The Hall–Kier alpha value is -0.760. The van der Waals surface area contributed by atoms with Crippen molar-refractivity contribution in [3.05, 3.63) is 23.7 Å². The van der Waals surface area contributed by atoms with Crippen LogP contribution in [-0.2, 0) is 0 Å². The van der Waals surface area contributed by atoms with Gasteiger partial charge in [-0.05, 0) is 22.9 Å². The first kappa shape index (κ1) is 10.3. The fourth-order valence-corrected chi connectivity index (χ4v) is 1.53. The molecule has 0 atom stereocenters. The van der Waals surface area contributed by atoms with E-state index in [1.165, 1.54) is 10.2 Å². The van der Waals surface area contributed by atoms with E-state index in [0.29, 0.717) is 5.41 Å². The summed E-state index contributed by atoms with van der Waals surface area (Å²) in [7, 11) is 0. The number of H-pyrrole nitrogens is 1. The van der Waals surface area contributed by atoms with E-state index in [9.17, 15) is 0 Å². The number of fused-ring (bicyclic) bond motifs is 1. The molecule has 0 unspecified atom stereocenters. The van der Waals surface area contributed by atoms with Crippen molar-refractivity contribution in [1.82, 2.24) is 4.98 Å². The molecular formula is C11H17NS. The topological polar surface area (TPSA) is 15.8 Å². The van der Waals surface area contributed by atoms with E-state index in [1.807, 2.05) is 6.20 Å². The summed E-state index contributed by atoms with van der Waals surface area (Å²) in [6.45, 7) is 8.75. The van der Waals surface area contributed by atoms with Crippen LogP contribution in [0.4, 0.5) is 0 Å². The van der Waals surface area contributed by atoms with Gasteiger partial charge in [0.25, 0.3) is 0 Å². The molecule has 72 valence electrons. The van der Waals surface area contributed by atoms with Gasteiger partial charge >= 0.3 is 0 Å². The van der Waals surface area contributed by atoms with Crippen LogP contribution in [0.25, 0.3) is 10.2 Å². The second-order valence-corrected chi connectivity index (χ2v) is 5.62. The summed E-state index contributed by atoms with van der Waals surface area (Å²) in [5.74, 6) is 0. The molecule has 13 heavy (non-hydrogen) atoms. The number of nitrogens with one attached hydrogen (secondary N) is 1. The molecule has 0 aromatic carbocycles. The normalized spacial score (nSPS) is 11.1. The van der Waals surface area contributed by atoms with Crippen molar-refractivity contribution >= 4 is 21.6 Å². The molecule has 2 aromatic rings. The maximum atomic E-state index is 3.11. The first-order valence-corrected chi connectivity index (χ1v) is 5.35. The van der Waals surface area contributed by atoms with Gasteiger partial charge in [0, 0.05) is 6.20 Å². The quantitative estimate of drug-likeness (QED) is 0.645. The fraction of sp³-hybridized carbons (Fsp3) is 0.455. The van der Waals surface area contributed by atoms with E-state index in [2.05, 4.69) is 50.2 Å². The van der Waals surface area contributed by atoms with E-state index in [1.54, 1.807) is 11.3 Å². The summed E-state index contributed by atoms with van der Waals surface area (Å²) in [5, 5.41) is 2.08. The third-order valence-electron chi connectivity index (χ3n) is 1.17. The molecule has 1 nitrogen and oxygen atoms in total. The molecule has 2 rings (SSSR count). The SMILES string of the molecule is CC(C)(C)C.c1cc2sccc2[nH]1. The third kappa shape index (κ3) is 4.13. The zero-order valence-corrected chi connectivity index (χ0v) is 9.53. The van der Waals surface area contributed by atoms with Gasteiger partial charge in [-0.3, -0.25) is 0 Å². The Morgan fingerprint density at radius 3 is 2.31 bits per heavy atom. The smallest absolute Gasteiger partial charge is 0.0563 e. The first-order valence-electron chi connectivity index (χ1n) is 4.47. The number of rotatable bonds is 0. The Kier molecular flexibility index (Phi) is 3.15. The van der Waals surface area contributed by atoms with Crippen molar-refractivity contribution in [3.63, 3.8) is 0 Å². The Morgan fingerprint density at radius 1 is 1.15 bits per heavy atom. The van der Waals surface area contributed by atoms with Crippen LogP contribution in [-0.4, -0.2) is 4.98 Å². The van der Waals surface area contributed by atoms with E-state index >= 15 is 0 Å². The predicted octanol–water partition coefficient (Wildman–Crippen LogP) is 4.28. The van der Waals surface area contributed by atoms with Gasteiger partial charge in [0.05, 0.1) is 10.2 Å².